The highest BCUT2D eigenvalue weighted by atomic mass is 16.5. The van der Waals surface area contributed by atoms with E-state index in [1.54, 1.807) is 0 Å². The van der Waals surface area contributed by atoms with Gasteiger partial charge in [0.1, 0.15) is 0 Å². The van der Waals surface area contributed by atoms with Crippen LogP contribution in [0.3, 0.4) is 0 Å². The highest BCUT2D eigenvalue weighted by Gasteiger charge is 2.31. The van der Waals surface area contributed by atoms with Gasteiger partial charge < -0.3 is 9.63 Å². The van der Waals surface area contributed by atoms with Crippen LogP contribution in [0.5, 0.6) is 0 Å². The molecule has 1 aromatic heterocycles. The summed E-state index contributed by atoms with van der Waals surface area (Å²) in [5, 5.41) is 13.7. The molecule has 1 aliphatic rings. The lowest BCUT2D eigenvalue weighted by Gasteiger charge is -2.16. The summed E-state index contributed by atoms with van der Waals surface area (Å²) in [7, 11) is 0. The molecule has 0 saturated carbocycles. The zero-order valence-electron chi connectivity index (χ0n) is 9.94. The molecule has 2 rings (SSSR count). The van der Waals surface area contributed by atoms with Gasteiger partial charge in [0.15, 0.2) is 5.82 Å². The minimum Gasteiger partial charge on any atom is -0.389 e. The number of β-amino-alcohol motifs (C(OH)–C–C–N with tert-alkyl or cyclic N) is 1. The molecule has 1 unspecified atom stereocenters. The van der Waals surface area contributed by atoms with E-state index in [-0.39, 0.29) is 0 Å². The van der Waals surface area contributed by atoms with E-state index in [4.69, 9.17) is 4.52 Å². The first-order valence-electron chi connectivity index (χ1n) is 5.85. The zero-order chi connectivity index (χ0) is 11.6. The van der Waals surface area contributed by atoms with Gasteiger partial charge in [-0.05, 0) is 19.8 Å². The number of rotatable bonds is 4. The Bertz CT molecular complexity index is 349. The van der Waals surface area contributed by atoms with Gasteiger partial charge in [0.25, 0.3) is 0 Å². The van der Waals surface area contributed by atoms with Gasteiger partial charge in [0.2, 0.25) is 5.89 Å². The number of aryl methyl sites for hydroxylation is 1. The fourth-order valence-electron chi connectivity index (χ4n) is 2.04. The van der Waals surface area contributed by atoms with Gasteiger partial charge in [0, 0.05) is 19.5 Å². The van der Waals surface area contributed by atoms with Crippen LogP contribution in [0.4, 0.5) is 0 Å². The van der Waals surface area contributed by atoms with Gasteiger partial charge in [-0.2, -0.15) is 4.98 Å². The van der Waals surface area contributed by atoms with E-state index in [0.717, 1.165) is 31.6 Å². The maximum atomic E-state index is 9.82. The SMILES string of the molecule is CCCc1noc(CN2CCC(C)(O)C2)n1. The van der Waals surface area contributed by atoms with Crippen molar-refractivity contribution in [2.45, 2.75) is 45.3 Å². The number of hydrogen-bond donors (Lipinski definition) is 1. The third-order valence-corrected chi connectivity index (χ3v) is 2.87. The maximum Gasteiger partial charge on any atom is 0.240 e. The lowest BCUT2D eigenvalue weighted by Crippen LogP contribution is -2.29. The van der Waals surface area contributed by atoms with Crippen LogP contribution in [0.1, 0.15) is 38.4 Å². The second kappa shape index (κ2) is 4.51. The molecule has 1 aromatic rings. The predicted octanol–water partition coefficient (Wildman–Crippen LogP) is 0.979. The standard InChI is InChI=1S/C11H19N3O2/c1-3-4-9-12-10(16-13-9)7-14-6-5-11(2,15)8-14/h15H,3-8H2,1-2H3. The molecular weight excluding hydrogens is 206 g/mol. The average molecular weight is 225 g/mol. The first-order valence-corrected chi connectivity index (χ1v) is 5.85. The van der Waals surface area contributed by atoms with Crippen LogP contribution in [-0.2, 0) is 13.0 Å². The maximum absolute atomic E-state index is 9.82. The Kier molecular flexibility index (Phi) is 3.25. The van der Waals surface area contributed by atoms with E-state index >= 15 is 0 Å². The van der Waals surface area contributed by atoms with Gasteiger partial charge in [0.05, 0.1) is 12.1 Å². The molecule has 0 radical (unpaired) electrons. The summed E-state index contributed by atoms with van der Waals surface area (Å²) in [5.41, 5.74) is -0.563. The van der Waals surface area contributed by atoms with Crippen LogP contribution >= 0.6 is 0 Å². The Labute approximate surface area is 95.4 Å². The minimum atomic E-state index is -0.563. The number of aliphatic hydroxyl groups is 1. The first-order chi connectivity index (χ1) is 7.59. The molecule has 1 aliphatic heterocycles. The summed E-state index contributed by atoms with van der Waals surface area (Å²) in [4.78, 5) is 6.45. The Balaban J connectivity index is 1.89. The van der Waals surface area contributed by atoms with Gasteiger partial charge >= 0.3 is 0 Å². The molecule has 0 aliphatic carbocycles. The van der Waals surface area contributed by atoms with Gasteiger partial charge in [-0.3, -0.25) is 4.90 Å². The van der Waals surface area contributed by atoms with Crippen LogP contribution in [0.15, 0.2) is 4.52 Å². The molecule has 0 spiro atoms. The Morgan fingerprint density at radius 3 is 3.00 bits per heavy atom. The second-order valence-electron chi connectivity index (χ2n) is 4.81. The Hall–Kier alpha value is -0.940. The van der Waals surface area contributed by atoms with Crippen molar-refractivity contribution >= 4 is 0 Å². The Morgan fingerprint density at radius 2 is 2.38 bits per heavy atom. The summed E-state index contributed by atoms with van der Waals surface area (Å²) in [6.45, 7) is 6.17. The smallest absolute Gasteiger partial charge is 0.240 e. The summed E-state index contributed by atoms with van der Waals surface area (Å²) in [6.07, 6.45) is 2.70. The van der Waals surface area contributed by atoms with Crippen molar-refractivity contribution in [3.05, 3.63) is 11.7 Å². The third kappa shape index (κ3) is 2.80. The molecule has 5 heteroatoms. The quantitative estimate of drug-likeness (QED) is 0.827. The van der Waals surface area contributed by atoms with Crippen molar-refractivity contribution in [1.82, 2.24) is 15.0 Å². The molecule has 0 amide bonds. The van der Waals surface area contributed by atoms with Crippen LogP contribution in [0.2, 0.25) is 0 Å². The largest absolute Gasteiger partial charge is 0.389 e. The lowest BCUT2D eigenvalue weighted by atomic mass is 10.1. The number of likely N-dealkylation sites (tertiary alicyclic amines) is 1. The summed E-state index contributed by atoms with van der Waals surface area (Å²) >= 11 is 0. The second-order valence-corrected chi connectivity index (χ2v) is 4.81. The number of nitrogens with zero attached hydrogens (tertiary/aromatic N) is 3. The zero-order valence-corrected chi connectivity index (χ0v) is 9.94. The van der Waals surface area contributed by atoms with Crippen LogP contribution in [0, 0.1) is 0 Å². The molecule has 1 saturated heterocycles. The average Bonchev–Trinajstić information content (AvgIpc) is 2.75. The molecule has 0 aromatic carbocycles. The molecule has 1 N–H and O–H groups in total. The van der Waals surface area contributed by atoms with Gasteiger partial charge in [-0.1, -0.05) is 12.1 Å². The summed E-state index contributed by atoms with van der Waals surface area (Å²) in [5.74, 6) is 1.43. The fraction of sp³-hybridized carbons (Fsp3) is 0.818. The predicted molar refractivity (Wildman–Crippen MR) is 58.8 cm³/mol. The molecule has 0 bridgehead atoms. The molecule has 16 heavy (non-hydrogen) atoms. The van der Waals surface area contributed by atoms with Crippen LogP contribution in [0.25, 0.3) is 0 Å². The van der Waals surface area contributed by atoms with E-state index in [1.807, 2.05) is 6.92 Å². The molecule has 90 valence electrons. The van der Waals surface area contributed by atoms with Crippen molar-refractivity contribution in [3.8, 4) is 0 Å². The molecule has 2 heterocycles. The van der Waals surface area contributed by atoms with E-state index in [1.165, 1.54) is 0 Å². The van der Waals surface area contributed by atoms with E-state index < -0.39 is 5.60 Å². The highest BCUT2D eigenvalue weighted by molar-refractivity contribution is 4.91. The van der Waals surface area contributed by atoms with Crippen molar-refractivity contribution in [1.29, 1.82) is 0 Å². The van der Waals surface area contributed by atoms with Crippen molar-refractivity contribution in [2.75, 3.05) is 13.1 Å². The van der Waals surface area contributed by atoms with Crippen molar-refractivity contribution in [2.24, 2.45) is 0 Å². The van der Waals surface area contributed by atoms with Gasteiger partial charge in [-0.25, -0.2) is 0 Å². The van der Waals surface area contributed by atoms with Crippen LogP contribution in [-0.4, -0.2) is 38.8 Å². The van der Waals surface area contributed by atoms with Crippen molar-refractivity contribution < 1.29 is 9.63 Å². The summed E-state index contributed by atoms with van der Waals surface area (Å²) in [6, 6.07) is 0. The van der Waals surface area contributed by atoms with E-state index in [2.05, 4.69) is 22.0 Å². The van der Waals surface area contributed by atoms with Gasteiger partial charge in [-0.15, -0.1) is 0 Å². The number of aromatic nitrogens is 2. The lowest BCUT2D eigenvalue weighted by molar-refractivity contribution is 0.0665. The molecular formula is C11H19N3O2. The normalized spacial score (nSPS) is 26.4. The van der Waals surface area contributed by atoms with Crippen molar-refractivity contribution in [3.63, 3.8) is 0 Å². The monoisotopic (exact) mass is 225 g/mol. The fourth-order valence-corrected chi connectivity index (χ4v) is 2.04. The summed E-state index contributed by atoms with van der Waals surface area (Å²) < 4.78 is 5.16. The molecule has 1 fully saturated rings. The highest BCUT2D eigenvalue weighted by Crippen LogP contribution is 2.21. The van der Waals surface area contributed by atoms with E-state index in [9.17, 15) is 5.11 Å². The molecule has 5 nitrogen and oxygen atoms in total. The topological polar surface area (TPSA) is 62.4 Å². The van der Waals surface area contributed by atoms with E-state index in [0.29, 0.717) is 19.0 Å². The first kappa shape index (κ1) is 11.5. The van der Waals surface area contributed by atoms with Crippen LogP contribution < -0.4 is 0 Å². The number of hydrogen-bond acceptors (Lipinski definition) is 5. The Morgan fingerprint density at radius 1 is 1.56 bits per heavy atom. The molecule has 1 atom stereocenters. The minimum absolute atomic E-state index is 0.563. The third-order valence-electron chi connectivity index (χ3n) is 2.87.